The highest BCUT2D eigenvalue weighted by atomic mass is 19.4. The Bertz CT molecular complexity index is 1140. The molecule has 12 heteroatoms. The van der Waals surface area contributed by atoms with Gasteiger partial charge in [-0.3, -0.25) is 14.6 Å². The molecule has 2 amide bonds. The van der Waals surface area contributed by atoms with Gasteiger partial charge in [0.2, 0.25) is 5.82 Å². The van der Waals surface area contributed by atoms with Gasteiger partial charge in [0.25, 0.3) is 11.8 Å². The van der Waals surface area contributed by atoms with Crippen LogP contribution in [-0.2, 0) is 9.53 Å². The molecule has 1 aliphatic heterocycles. The van der Waals surface area contributed by atoms with E-state index in [0.717, 1.165) is 25.1 Å². The van der Waals surface area contributed by atoms with Crippen molar-refractivity contribution in [2.45, 2.75) is 57.6 Å². The van der Waals surface area contributed by atoms with E-state index in [-0.39, 0.29) is 16.9 Å². The molecule has 1 saturated heterocycles. The highest BCUT2D eigenvalue weighted by Gasteiger charge is 2.66. The molecule has 1 fully saturated rings. The van der Waals surface area contributed by atoms with Crippen LogP contribution < -0.4 is 15.8 Å². The topological polar surface area (TPSA) is 104 Å². The van der Waals surface area contributed by atoms with Gasteiger partial charge < -0.3 is 20.5 Å². The molecule has 3 N–H and O–H groups in total. The van der Waals surface area contributed by atoms with Crippen LogP contribution >= 0.6 is 0 Å². The second-order valence-corrected chi connectivity index (χ2v) is 8.69. The summed E-state index contributed by atoms with van der Waals surface area (Å²) in [4.78, 5) is 28.3. The van der Waals surface area contributed by atoms with Gasteiger partial charge in [-0.05, 0) is 39.0 Å². The predicted molar refractivity (Wildman–Crippen MR) is 115 cm³/mol. The average Bonchev–Trinajstić information content (AvgIpc) is 3.04. The van der Waals surface area contributed by atoms with Crippen LogP contribution in [0.15, 0.2) is 30.5 Å². The quantitative estimate of drug-likeness (QED) is 0.574. The molecule has 1 aromatic carbocycles. The first-order valence-electron chi connectivity index (χ1n) is 10.6. The number of amides is 2. The monoisotopic (exact) mass is 501 g/mol. The molecule has 0 saturated carbocycles. The molecule has 4 atom stereocenters. The summed E-state index contributed by atoms with van der Waals surface area (Å²) in [5, 5.41) is 2.39. The number of primary amides is 1. The molecule has 0 spiro atoms. The predicted octanol–water partition coefficient (Wildman–Crippen LogP) is 4.32. The number of pyridine rings is 1. The minimum absolute atomic E-state index is 0.0263. The van der Waals surface area contributed by atoms with E-state index in [2.05, 4.69) is 10.3 Å². The van der Waals surface area contributed by atoms with Crippen LogP contribution in [0.3, 0.4) is 0 Å². The van der Waals surface area contributed by atoms with E-state index >= 15 is 0 Å². The number of alkyl halides is 3. The van der Waals surface area contributed by atoms with Gasteiger partial charge >= 0.3 is 6.18 Å². The van der Waals surface area contributed by atoms with Gasteiger partial charge in [0.05, 0.1) is 6.10 Å². The van der Waals surface area contributed by atoms with Gasteiger partial charge in [0.1, 0.15) is 11.8 Å². The molecule has 35 heavy (non-hydrogen) atoms. The first kappa shape index (κ1) is 26.3. The maximum Gasteiger partial charge on any atom is 0.417 e. The fourth-order valence-corrected chi connectivity index (χ4v) is 4.04. The Morgan fingerprint density at radius 3 is 2.46 bits per heavy atom. The summed E-state index contributed by atoms with van der Waals surface area (Å²) in [6.07, 6.45) is -6.14. The molecule has 2 aromatic rings. The Kier molecular flexibility index (Phi) is 7.07. The largest absolute Gasteiger partial charge is 0.488 e. The Hall–Kier alpha value is -3.28. The zero-order valence-corrected chi connectivity index (χ0v) is 19.2. The number of hydrogen-bond acceptors (Lipinski definition) is 5. The summed E-state index contributed by atoms with van der Waals surface area (Å²) in [6, 6.07) is 4.28. The summed E-state index contributed by atoms with van der Waals surface area (Å²) in [5.74, 6) is -7.90. The molecule has 7 nitrogen and oxygen atoms in total. The van der Waals surface area contributed by atoms with E-state index in [9.17, 15) is 31.5 Å². The SMILES string of the molecule is CC(C)Oc1c([C@@H]2[C@H](C(=O)Nc3ccnc(C(N)=O)c3)O[C@@](C)(C(F)(F)F)[C@H]2C)ccc(F)c1F. The van der Waals surface area contributed by atoms with Crippen LogP contribution in [0.2, 0.25) is 0 Å². The third kappa shape index (κ3) is 4.93. The molecular weight excluding hydrogens is 477 g/mol. The van der Waals surface area contributed by atoms with E-state index in [1.54, 1.807) is 0 Å². The Morgan fingerprint density at radius 2 is 1.89 bits per heavy atom. The van der Waals surface area contributed by atoms with Crippen molar-refractivity contribution in [3.05, 3.63) is 53.4 Å². The third-order valence-corrected chi connectivity index (χ3v) is 6.00. The van der Waals surface area contributed by atoms with Crippen molar-refractivity contribution in [2.75, 3.05) is 5.32 Å². The van der Waals surface area contributed by atoms with Crippen molar-refractivity contribution < 1.29 is 41.0 Å². The zero-order valence-electron chi connectivity index (χ0n) is 19.2. The maximum atomic E-state index is 14.7. The van der Waals surface area contributed by atoms with Gasteiger partial charge in [-0.15, -0.1) is 0 Å². The number of carbonyl (C=O) groups is 2. The summed E-state index contributed by atoms with van der Waals surface area (Å²) in [7, 11) is 0. The molecule has 0 radical (unpaired) electrons. The lowest BCUT2D eigenvalue weighted by molar-refractivity contribution is -0.272. The second-order valence-electron chi connectivity index (χ2n) is 8.69. The number of nitrogens with two attached hydrogens (primary N) is 1. The van der Waals surface area contributed by atoms with E-state index in [4.69, 9.17) is 15.2 Å². The lowest BCUT2D eigenvalue weighted by atomic mass is 9.77. The van der Waals surface area contributed by atoms with E-state index in [1.807, 2.05) is 0 Å². The summed E-state index contributed by atoms with van der Waals surface area (Å²) < 4.78 is 81.6. The van der Waals surface area contributed by atoms with Crippen LogP contribution in [0, 0.1) is 17.6 Å². The number of halogens is 5. The number of anilines is 1. The standard InChI is InChI=1S/C23H24F5N3O4/c1-10(2)34-18-13(5-6-14(24)17(18)25)16-11(3)22(4,23(26,27)28)35-19(16)21(33)31-12-7-8-30-15(9-12)20(29)32/h5-11,16,19H,1-4H3,(H2,29,32)(H,30,31,33)/t11-,16+,19+,22+/m0/s1. The number of rotatable bonds is 6. The van der Waals surface area contributed by atoms with Crippen molar-refractivity contribution in [1.82, 2.24) is 4.98 Å². The molecule has 2 heterocycles. The van der Waals surface area contributed by atoms with E-state index in [0.29, 0.717) is 0 Å². The Morgan fingerprint density at radius 1 is 1.23 bits per heavy atom. The molecule has 1 aromatic heterocycles. The molecule has 0 unspecified atom stereocenters. The van der Waals surface area contributed by atoms with Gasteiger partial charge in [-0.1, -0.05) is 13.0 Å². The summed E-state index contributed by atoms with van der Waals surface area (Å²) >= 11 is 0. The zero-order chi connectivity index (χ0) is 26.3. The van der Waals surface area contributed by atoms with Crippen LogP contribution in [0.5, 0.6) is 5.75 Å². The fraction of sp³-hybridized carbons (Fsp3) is 0.435. The maximum absolute atomic E-state index is 14.7. The van der Waals surface area contributed by atoms with Gasteiger partial charge in [0, 0.05) is 29.3 Å². The summed E-state index contributed by atoms with van der Waals surface area (Å²) in [5.41, 5.74) is 2.07. The van der Waals surface area contributed by atoms with Gasteiger partial charge in [-0.25, -0.2) is 4.39 Å². The number of hydrogen-bond donors (Lipinski definition) is 2. The van der Waals surface area contributed by atoms with Crippen molar-refractivity contribution in [1.29, 1.82) is 0 Å². The highest BCUT2D eigenvalue weighted by Crippen LogP contribution is 2.55. The summed E-state index contributed by atoms with van der Waals surface area (Å²) in [6.45, 7) is 5.07. The Labute approximate surface area is 197 Å². The number of ether oxygens (including phenoxy) is 2. The molecule has 1 aliphatic rings. The third-order valence-electron chi connectivity index (χ3n) is 6.00. The molecular formula is C23H24F5N3O4. The van der Waals surface area contributed by atoms with Crippen molar-refractivity contribution in [3.63, 3.8) is 0 Å². The van der Waals surface area contributed by atoms with Gasteiger partial charge in [-0.2, -0.15) is 17.6 Å². The van der Waals surface area contributed by atoms with E-state index in [1.165, 1.54) is 33.0 Å². The molecule has 190 valence electrons. The minimum Gasteiger partial charge on any atom is -0.488 e. The fourth-order valence-electron chi connectivity index (χ4n) is 4.04. The van der Waals surface area contributed by atoms with Crippen LogP contribution in [0.4, 0.5) is 27.6 Å². The van der Waals surface area contributed by atoms with Crippen molar-refractivity contribution in [3.8, 4) is 5.75 Å². The highest BCUT2D eigenvalue weighted by molar-refractivity contribution is 5.97. The number of benzene rings is 1. The lowest BCUT2D eigenvalue weighted by Crippen LogP contribution is -2.47. The second kappa shape index (κ2) is 9.40. The number of nitrogens with zero attached hydrogens (tertiary/aromatic N) is 1. The number of aromatic nitrogens is 1. The molecule has 0 aliphatic carbocycles. The van der Waals surface area contributed by atoms with Crippen LogP contribution in [0.25, 0.3) is 0 Å². The van der Waals surface area contributed by atoms with E-state index < -0.39 is 65.0 Å². The molecule has 3 rings (SSSR count). The number of carbonyl (C=O) groups excluding carboxylic acids is 2. The normalized spacial score (nSPS) is 24.5. The van der Waals surface area contributed by atoms with Crippen LogP contribution in [-0.4, -0.2) is 40.8 Å². The van der Waals surface area contributed by atoms with Crippen LogP contribution in [0.1, 0.15) is 49.7 Å². The average molecular weight is 501 g/mol. The first-order chi connectivity index (χ1) is 16.2. The van der Waals surface area contributed by atoms with Crippen molar-refractivity contribution >= 4 is 17.5 Å². The first-order valence-corrected chi connectivity index (χ1v) is 10.6. The van der Waals surface area contributed by atoms with Gasteiger partial charge in [0.15, 0.2) is 17.2 Å². The van der Waals surface area contributed by atoms with Crippen molar-refractivity contribution in [2.24, 2.45) is 11.7 Å². The Balaban J connectivity index is 2.10. The lowest BCUT2D eigenvalue weighted by Gasteiger charge is -2.32. The smallest absolute Gasteiger partial charge is 0.417 e. The molecule has 0 bridgehead atoms. The minimum atomic E-state index is -4.90. The number of nitrogens with one attached hydrogen (secondary N) is 1.